The maximum atomic E-state index is 11.9. The third-order valence-corrected chi connectivity index (χ3v) is 4.72. The van der Waals surface area contributed by atoms with Gasteiger partial charge in [-0.25, -0.2) is 0 Å². The molecule has 0 radical (unpaired) electrons. The molecule has 1 saturated heterocycles. The van der Waals surface area contributed by atoms with Crippen LogP contribution in [0, 0.1) is 11.8 Å². The van der Waals surface area contributed by atoms with Gasteiger partial charge in [0.25, 0.3) is 5.91 Å². The molecule has 1 N–H and O–H groups in total. The van der Waals surface area contributed by atoms with Crippen LogP contribution < -0.4 is 4.74 Å². The molecule has 2 rings (SSSR count). The van der Waals surface area contributed by atoms with E-state index < -0.39 is 11.9 Å². The van der Waals surface area contributed by atoms with Gasteiger partial charge in [0.05, 0.1) is 10.4 Å². The average molecular weight is 421 g/mol. The van der Waals surface area contributed by atoms with Crippen LogP contribution in [-0.4, -0.2) is 41.6 Å². The molecule has 0 bridgehead atoms. The minimum absolute atomic E-state index is 0.0332. The second-order valence-corrected chi connectivity index (χ2v) is 6.82. The summed E-state index contributed by atoms with van der Waals surface area (Å²) in [6, 6.07) is 5.44. The number of aliphatic carboxylic acids is 1. The maximum Gasteiger partial charge on any atom is 0.306 e. The standard InChI is InChI=1S/C14H15Br2NO4/c1-8(14(19)20)9-5-17(6-9)13(18)7-21-12-3-2-10(15)4-11(12)16/h2-4,8-9H,5-7H2,1H3,(H,19,20). The molecule has 5 nitrogen and oxygen atoms in total. The molecule has 21 heavy (non-hydrogen) atoms. The molecule has 1 unspecified atom stereocenters. The first kappa shape index (κ1) is 16.3. The van der Waals surface area contributed by atoms with Gasteiger partial charge in [0, 0.05) is 23.5 Å². The number of benzene rings is 1. The summed E-state index contributed by atoms with van der Waals surface area (Å²) in [6.45, 7) is 2.59. The molecule has 1 aromatic carbocycles. The third kappa shape index (κ3) is 3.97. The van der Waals surface area contributed by atoms with Gasteiger partial charge in [0.2, 0.25) is 0 Å². The fourth-order valence-electron chi connectivity index (χ4n) is 2.06. The Kier molecular flexibility index (Phi) is 5.27. The van der Waals surface area contributed by atoms with Crippen molar-refractivity contribution in [3.05, 3.63) is 27.1 Å². The Morgan fingerprint density at radius 1 is 1.43 bits per heavy atom. The molecular weight excluding hydrogens is 406 g/mol. The largest absolute Gasteiger partial charge is 0.483 e. The van der Waals surface area contributed by atoms with Crippen molar-refractivity contribution >= 4 is 43.7 Å². The lowest BCUT2D eigenvalue weighted by Crippen LogP contribution is -2.54. The molecule has 114 valence electrons. The van der Waals surface area contributed by atoms with E-state index in [1.54, 1.807) is 17.9 Å². The van der Waals surface area contributed by atoms with Crippen molar-refractivity contribution in [2.75, 3.05) is 19.7 Å². The van der Waals surface area contributed by atoms with Gasteiger partial charge in [0.1, 0.15) is 5.75 Å². The summed E-state index contributed by atoms with van der Waals surface area (Å²) in [5.74, 6) is -0.732. The van der Waals surface area contributed by atoms with Gasteiger partial charge in [-0.1, -0.05) is 22.9 Å². The number of carbonyl (C=O) groups excluding carboxylic acids is 1. The highest BCUT2D eigenvalue weighted by Gasteiger charge is 2.37. The zero-order valence-electron chi connectivity index (χ0n) is 11.4. The lowest BCUT2D eigenvalue weighted by molar-refractivity contribution is -0.151. The van der Waals surface area contributed by atoms with Crippen molar-refractivity contribution in [1.82, 2.24) is 4.90 Å². The first-order valence-electron chi connectivity index (χ1n) is 6.47. The third-order valence-electron chi connectivity index (χ3n) is 3.60. The lowest BCUT2D eigenvalue weighted by atomic mass is 9.87. The summed E-state index contributed by atoms with van der Waals surface area (Å²) in [7, 11) is 0. The van der Waals surface area contributed by atoms with Crippen LogP contribution in [0.25, 0.3) is 0 Å². The summed E-state index contributed by atoms with van der Waals surface area (Å²) >= 11 is 6.71. The normalized spacial score (nSPS) is 16.2. The predicted octanol–water partition coefficient (Wildman–Crippen LogP) is 2.77. The zero-order chi connectivity index (χ0) is 15.6. The lowest BCUT2D eigenvalue weighted by Gasteiger charge is -2.41. The molecule has 0 saturated carbocycles. The number of rotatable bonds is 5. The summed E-state index contributed by atoms with van der Waals surface area (Å²) in [6.07, 6.45) is 0. The van der Waals surface area contributed by atoms with Crippen LogP contribution in [0.4, 0.5) is 0 Å². The van der Waals surface area contributed by atoms with E-state index in [2.05, 4.69) is 31.9 Å². The van der Waals surface area contributed by atoms with Crippen molar-refractivity contribution in [3.8, 4) is 5.75 Å². The molecule has 0 aliphatic carbocycles. The smallest absolute Gasteiger partial charge is 0.306 e. The number of hydrogen-bond acceptors (Lipinski definition) is 3. The van der Waals surface area contributed by atoms with E-state index in [0.717, 1.165) is 8.95 Å². The first-order valence-corrected chi connectivity index (χ1v) is 8.05. The van der Waals surface area contributed by atoms with Crippen LogP contribution in [0.2, 0.25) is 0 Å². The molecule has 1 atom stereocenters. The predicted molar refractivity (Wildman–Crippen MR) is 84.2 cm³/mol. The molecule has 1 heterocycles. The number of hydrogen-bond donors (Lipinski definition) is 1. The van der Waals surface area contributed by atoms with Gasteiger partial charge in [0.15, 0.2) is 6.61 Å². The van der Waals surface area contributed by atoms with Gasteiger partial charge in [-0.05, 0) is 34.1 Å². The molecule has 1 aliphatic heterocycles. The Morgan fingerprint density at radius 3 is 2.67 bits per heavy atom. The number of amides is 1. The minimum Gasteiger partial charge on any atom is -0.483 e. The number of likely N-dealkylation sites (tertiary alicyclic amines) is 1. The van der Waals surface area contributed by atoms with Crippen molar-refractivity contribution in [1.29, 1.82) is 0 Å². The van der Waals surface area contributed by atoms with Gasteiger partial charge >= 0.3 is 5.97 Å². The molecule has 1 aromatic rings. The van der Waals surface area contributed by atoms with Crippen molar-refractivity contribution < 1.29 is 19.4 Å². The van der Waals surface area contributed by atoms with Gasteiger partial charge in [-0.2, -0.15) is 0 Å². The minimum atomic E-state index is -0.817. The molecule has 1 aliphatic rings. The van der Waals surface area contributed by atoms with Gasteiger partial charge in [-0.15, -0.1) is 0 Å². The van der Waals surface area contributed by atoms with E-state index in [-0.39, 0.29) is 18.4 Å². The number of carboxylic acids is 1. The quantitative estimate of drug-likeness (QED) is 0.795. The molecule has 7 heteroatoms. The first-order chi connectivity index (χ1) is 9.88. The number of carbonyl (C=O) groups is 2. The summed E-state index contributed by atoms with van der Waals surface area (Å²) in [4.78, 5) is 24.4. The Hall–Kier alpha value is -1.08. The highest BCUT2D eigenvalue weighted by atomic mass is 79.9. The molecule has 1 fully saturated rings. The second-order valence-electron chi connectivity index (χ2n) is 5.05. The number of ether oxygens (including phenoxy) is 1. The van der Waals surface area contributed by atoms with Crippen molar-refractivity contribution in [2.24, 2.45) is 11.8 Å². The number of halogens is 2. The average Bonchev–Trinajstić information content (AvgIpc) is 2.35. The molecular formula is C14H15Br2NO4. The highest BCUT2D eigenvalue weighted by molar-refractivity contribution is 9.11. The summed E-state index contributed by atoms with van der Waals surface area (Å²) in [5.41, 5.74) is 0. The SMILES string of the molecule is CC(C(=O)O)C1CN(C(=O)COc2ccc(Br)cc2Br)C1. The molecule has 0 spiro atoms. The van der Waals surface area contributed by atoms with Crippen LogP contribution >= 0.6 is 31.9 Å². The summed E-state index contributed by atoms with van der Waals surface area (Å²) in [5, 5.41) is 8.91. The monoisotopic (exact) mass is 419 g/mol. The van der Waals surface area contributed by atoms with Crippen molar-refractivity contribution in [2.45, 2.75) is 6.92 Å². The fourth-order valence-corrected chi connectivity index (χ4v) is 3.22. The van der Waals surface area contributed by atoms with Crippen LogP contribution in [-0.2, 0) is 9.59 Å². The van der Waals surface area contributed by atoms with E-state index in [1.807, 2.05) is 12.1 Å². The van der Waals surface area contributed by atoms with Gasteiger partial charge in [-0.3, -0.25) is 9.59 Å². The highest BCUT2D eigenvalue weighted by Crippen LogP contribution is 2.29. The van der Waals surface area contributed by atoms with E-state index in [1.165, 1.54) is 0 Å². The number of nitrogens with zero attached hydrogens (tertiary/aromatic N) is 1. The van der Waals surface area contributed by atoms with E-state index in [4.69, 9.17) is 9.84 Å². The van der Waals surface area contributed by atoms with Crippen LogP contribution in [0.15, 0.2) is 27.1 Å². The van der Waals surface area contributed by atoms with E-state index in [9.17, 15) is 9.59 Å². The maximum absolute atomic E-state index is 11.9. The second kappa shape index (κ2) is 6.79. The van der Waals surface area contributed by atoms with E-state index in [0.29, 0.717) is 18.8 Å². The van der Waals surface area contributed by atoms with Crippen LogP contribution in [0.5, 0.6) is 5.75 Å². The Morgan fingerprint density at radius 2 is 2.10 bits per heavy atom. The van der Waals surface area contributed by atoms with Crippen molar-refractivity contribution in [3.63, 3.8) is 0 Å². The topological polar surface area (TPSA) is 66.8 Å². The Labute approximate surface area is 139 Å². The zero-order valence-corrected chi connectivity index (χ0v) is 14.6. The molecule has 1 amide bonds. The fraction of sp³-hybridized carbons (Fsp3) is 0.429. The molecule has 0 aromatic heterocycles. The van der Waals surface area contributed by atoms with E-state index >= 15 is 0 Å². The summed E-state index contributed by atoms with van der Waals surface area (Å²) < 4.78 is 7.17. The Bertz CT molecular complexity index is 558. The van der Waals surface area contributed by atoms with Crippen LogP contribution in [0.1, 0.15) is 6.92 Å². The van der Waals surface area contributed by atoms with Crippen LogP contribution in [0.3, 0.4) is 0 Å². The van der Waals surface area contributed by atoms with Gasteiger partial charge < -0.3 is 14.7 Å². The Balaban J connectivity index is 1.80. The number of carboxylic acid groups (broad SMARTS) is 1.